The maximum absolute atomic E-state index is 5.96. The molecular formula is C28H54O6S8Si2. The molecule has 0 unspecified atom stereocenters. The second-order valence-electron chi connectivity index (χ2n) is 9.00. The summed E-state index contributed by atoms with van der Waals surface area (Å²) >= 11 is 0. The Hall–Kier alpha value is 2.21. The van der Waals surface area contributed by atoms with Crippen molar-refractivity contribution in [3.8, 4) is 0 Å². The van der Waals surface area contributed by atoms with Crippen molar-refractivity contribution in [3.05, 3.63) is 35.4 Å². The molecule has 0 atom stereocenters. The molecule has 1 rings (SSSR count). The molecule has 44 heavy (non-hydrogen) atoms. The van der Waals surface area contributed by atoms with Gasteiger partial charge < -0.3 is 26.6 Å². The molecule has 0 fully saturated rings. The summed E-state index contributed by atoms with van der Waals surface area (Å²) in [6, 6.07) is 10.7. The number of hydrogen-bond donors (Lipinski definition) is 0. The molecule has 258 valence electrons. The monoisotopic (exact) mass is 798 g/mol. The van der Waals surface area contributed by atoms with E-state index in [1.54, 1.807) is 0 Å². The predicted octanol–water partition coefficient (Wildman–Crippen LogP) is 11.0. The zero-order chi connectivity index (χ0) is 32.2. The van der Waals surface area contributed by atoms with Crippen LogP contribution in [-0.4, -0.2) is 80.3 Å². The van der Waals surface area contributed by atoms with E-state index in [-0.39, 0.29) is 0 Å². The van der Waals surface area contributed by atoms with Gasteiger partial charge in [-0.05, 0) is 118 Å². The average molecular weight is 799 g/mol. The lowest BCUT2D eigenvalue weighted by molar-refractivity contribution is 0.0704. The van der Waals surface area contributed by atoms with Gasteiger partial charge in [0, 0.05) is 74.7 Å². The standard InChI is InChI=1S/C28H54O6S8Si2/c1-7-29-43(30-8-2,31-9-3)25-15-21-35-39-41-37-23-19-27-17-13-14-18-28(27)20-24-38-42-40-36-22-16-26-44(32-10-4,33-11-5)34-12-6/h13-14,17-18H,7-12,15-16,19-26H2,1-6H3. The van der Waals surface area contributed by atoms with Crippen LogP contribution in [0, 0.1) is 0 Å². The third-order valence-electron chi connectivity index (χ3n) is 5.88. The molecule has 0 amide bonds. The molecule has 16 heteroatoms. The van der Waals surface area contributed by atoms with E-state index in [0.717, 1.165) is 60.8 Å². The van der Waals surface area contributed by atoms with Crippen molar-refractivity contribution in [1.29, 1.82) is 0 Å². The van der Waals surface area contributed by atoms with Gasteiger partial charge in [0.1, 0.15) is 0 Å². The van der Waals surface area contributed by atoms with Gasteiger partial charge in [-0.1, -0.05) is 67.4 Å². The van der Waals surface area contributed by atoms with Crippen LogP contribution in [0.3, 0.4) is 0 Å². The summed E-state index contributed by atoms with van der Waals surface area (Å²) in [6.45, 7) is 15.9. The summed E-state index contributed by atoms with van der Waals surface area (Å²) in [5.41, 5.74) is 2.97. The highest BCUT2D eigenvalue weighted by atomic mass is 33.7. The fraction of sp³-hybridized carbons (Fsp3) is 0.786. The van der Waals surface area contributed by atoms with Gasteiger partial charge in [0.05, 0.1) is 0 Å². The lowest BCUT2D eigenvalue weighted by Gasteiger charge is -2.28. The Labute approximate surface area is 301 Å². The Morgan fingerprint density at radius 2 is 0.750 bits per heavy atom. The van der Waals surface area contributed by atoms with Crippen molar-refractivity contribution in [2.24, 2.45) is 0 Å². The van der Waals surface area contributed by atoms with Gasteiger partial charge in [-0.2, -0.15) is 0 Å². The molecule has 0 saturated heterocycles. The van der Waals surface area contributed by atoms with Gasteiger partial charge >= 0.3 is 17.6 Å². The Bertz CT molecular complexity index is 711. The molecule has 0 N–H and O–H groups in total. The molecule has 0 aliphatic carbocycles. The smallest absolute Gasteiger partial charge is 0.374 e. The molecule has 0 spiro atoms. The van der Waals surface area contributed by atoms with Gasteiger partial charge in [-0.25, -0.2) is 0 Å². The van der Waals surface area contributed by atoms with Gasteiger partial charge in [0.15, 0.2) is 0 Å². The lowest BCUT2D eigenvalue weighted by atomic mass is 10.0. The Morgan fingerprint density at radius 3 is 1.05 bits per heavy atom. The molecule has 0 aliphatic rings. The minimum atomic E-state index is -2.50. The van der Waals surface area contributed by atoms with E-state index in [1.165, 1.54) is 11.1 Å². The van der Waals surface area contributed by atoms with E-state index in [1.807, 2.05) is 124 Å². The van der Waals surface area contributed by atoms with E-state index in [9.17, 15) is 0 Å². The number of hydrogen-bond acceptors (Lipinski definition) is 14. The largest absolute Gasteiger partial charge is 0.500 e. The maximum Gasteiger partial charge on any atom is 0.500 e. The van der Waals surface area contributed by atoms with Crippen LogP contribution in [0.2, 0.25) is 12.1 Å². The van der Waals surface area contributed by atoms with Crippen molar-refractivity contribution < 1.29 is 26.6 Å². The normalized spacial score (nSPS) is 12.3. The van der Waals surface area contributed by atoms with Crippen LogP contribution in [0.15, 0.2) is 24.3 Å². The Balaban J connectivity index is 2.18. The summed E-state index contributed by atoms with van der Waals surface area (Å²) in [5.74, 6) is 4.40. The summed E-state index contributed by atoms with van der Waals surface area (Å²) in [5, 5.41) is 0. The molecule has 0 heterocycles. The second kappa shape index (κ2) is 30.1. The highest BCUT2D eigenvalue weighted by molar-refractivity contribution is 9.26. The highest BCUT2D eigenvalue weighted by Crippen LogP contribution is 2.44. The lowest BCUT2D eigenvalue weighted by Crippen LogP contribution is -2.46. The molecule has 0 radical (unpaired) electrons. The second-order valence-corrected chi connectivity index (χ2v) is 26.9. The summed E-state index contributed by atoms with van der Waals surface area (Å²) in [4.78, 5) is 0. The van der Waals surface area contributed by atoms with Crippen LogP contribution in [0.25, 0.3) is 0 Å². The molecule has 1 aromatic carbocycles. The Kier molecular flexibility index (Phi) is 30.2. The zero-order valence-electron chi connectivity index (χ0n) is 27.3. The maximum atomic E-state index is 5.96. The fourth-order valence-electron chi connectivity index (χ4n) is 4.26. The third-order valence-corrected chi connectivity index (χ3v) is 25.3. The number of rotatable bonds is 32. The van der Waals surface area contributed by atoms with E-state index in [2.05, 4.69) is 24.3 Å². The van der Waals surface area contributed by atoms with E-state index in [4.69, 9.17) is 26.6 Å². The average Bonchev–Trinajstić information content (AvgIpc) is 3.01. The minimum Gasteiger partial charge on any atom is -0.374 e. The first-order chi connectivity index (χ1) is 21.5. The molecule has 0 saturated carbocycles. The van der Waals surface area contributed by atoms with E-state index < -0.39 is 17.6 Å². The topological polar surface area (TPSA) is 55.4 Å². The predicted molar refractivity (Wildman–Crippen MR) is 214 cm³/mol. The molecule has 0 aromatic heterocycles. The van der Waals surface area contributed by atoms with E-state index in [0.29, 0.717) is 39.6 Å². The third kappa shape index (κ3) is 20.7. The molecule has 1 aromatic rings. The first-order valence-electron chi connectivity index (χ1n) is 15.6. The van der Waals surface area contributed by atoms with Gasteiger partial charge in [-0.3, -0.25) is 0 Å². The molecular weight excluding hydrogens is 745 g/mol. The minimum absolute atomic E-state index is 0.642. The SMILES string of the molecule is CCO[Si](CCCSSSSCCc1ccccc1CCSSSSCCC[Si](OCC)(OCC)OCC)(OCC)OCC. The van der Waals surface area contributed by atoms with Crippen LogP contribution >= 0.6 is 82.5 Å². The van der Waals surface area contributed by atoms with Crippen molar-refractivity contribution in [2.45, 2.75) is 79.3 Å². The summed E-state index contributed by atoms with van der Waals surface area (Å²) in [7, 11) is 10.3. The van der Waals surface area contributed by atoms with Crippen molar-refractivity contribution in [2.75, 3.05) is 62.7 Å². The Morgan fingerprint density at radius 1 is 0.455 bits per heavy atom. The van der Waals surface area contributed by atoms with Crippen molar-refractivity contribution >= 4 is 100 Å². The van der Waals surface area contributed by atoms with Gasteiger partial charge in [-0.15, -0.1) is 0 Å². The van der Waals surface area contributed by atoms with E-state index >= 15 is 0 Å². The van der Waals surface area contributed by atoms with Crippen LogP contribution in [-0.2, 0) is 39.4 Å². The van der Waals surface area contributed by atoms with Crippen LogP contribution in [0.5, 0.6) is 0 Å². The summed E-state index contributed by atoms with van der Waals surface area (Å²) in [6.07, 6.45) is 4.33. The van der Waals surface area contributed by atoms with Crippen LogP contribution < -0.4 is 0 Å². The van der Waals surface area contributed by atoms with Crippen molar-refractivity contribution in [3.63, 3.8) is 0 Å². The number of benzene rings is 1. The molecule has 0 aliphatic heterocycles. The molecule has 6 nitrogen and oxygen atoms in total. The highest BCUT2D eigenvalue weighted by Gasteiger charge is 2.40. The van der Waals surface area contributed by atoms with Gasteiger partial charge in [0.25, 0.3) is 0 Å². The zero-order valence-corrected chi connectivity index (χ0v) is 35.9. The van der Waals surface area contributed by atoms with Gasteiger partial charge in [0.2, 0.25) is 0 Å². The number of aryl methyl sites for hydroxylation is 2. The molecule has 0 bridgehead atoms. The van der Waals surface area contributed by atoms with Crippen LogP contribution in [0.4, 0.5) is 0 Å². The quantitative estimate of drug-likeness (QED) is 0.0395. The fourth-order valence-corrected chi connectivity index (χ4v) is 22.2. The first kappa shape index (κ1) is 44.2. The van der Waals surface area contributed by atoms with Crippen molar-refractivity contribution in [1.82, 2.24) is 0 Å². The van der Waals surface area contributed by atoms with Crippen LogP contribution in [0.1, 0.15) is 65.5 Å². The first-order valence-corrected chi connectivity index (χ1v) is 29.8. The summed E-state index contributed by atoms with van der Waals surface area (Å²) < 4.78 is 35.8.